The lowest BCUT2D eigenvalue weighted by Gasteiger charge is -1.98. The maximum absolute atomic E-state index is 11.2. The molecule has 1 aliphatic carbocycles. The highest BCUT2D eigenvalue weighted by molar-refractivity contribution is 5.86. The third-order valence-electron chi connectivity index (χ3n) is 2.50. The Kier molecular flexibility index (Phi) is 4.81. The average Bonchev–Trinajstić information content (AvgIpc) is 2.52. The molecule has 0 amide bonds. The first-order valence-corrected chi connectivity index (χ1v) is 5.37. The van der Waals surface area contributed by atoms with Gasteiger partial charge in [-0.05, 0) is 25.7 Å². The van der Waals surface area contributed by atoms with Gasteiger partial charge in [-0.25, -0.2) is 0 Å². The molecule has 1 saturated carbocycles. The zero-order valence-electron chi connectivity index (χ0n) is 8.46. The van der Waals surface area contributed by atoms with E-state index in [-0.39, 0.29) is 5.92 Å². The van der Waals surface area contributed by atoms with Gasteiger partial charge < -0.3 is 0 Å². The molecule has 1 atom stereocenters. The van der Waals surface area contributed by atoms with Crippen LogP contribution in [0, 0.1) is 12.3 Å². The summed E-state index contributed by atoms with van der Waals surface area (Å²) >= 11 is 0. The van der Waals surface area contributed by atoms with Crippen LogP contribution in [-0.4, -0.2) is 5.78 Å². The number of allylic oxidation sites excluding steroid dienone is 2. The minimum Gasteiger partial charge on any atom is -0.299 e. The van der Waals surface area contributed by atoms with Crippen LogP contribution in [0.5, 0.6) is 0 Å². The second kappa shape index (κ2) is 5.95. The van der Waals surface area contributed by atoms with Crippen LogP contribution < -0.4 is 0 Å². The Balaban J connectivity index is 2.12. The summed E-state index contributed by atoms with van der Waals surface area (Å²) in [4.78, 5) is 11.2. The normalized spacial score (nSPS) is 23.2. The van der Waals surface area contributed by atoms with Crippen molar-refractivity contribution in [2.24, 2.45) is 5.92 Å². The zero-order chi connectivity index (χ0) is 9.52. The summed E-state index contributed by atoms with van der Waals surface area (Å²) in [5.41, 5.74) is 0. The number of carbonyl (C=O) groups is 1. The lowest BCUT2D eigenvalue weighted by molar-refractivity contribution is -0.119. The predicted molar refractivity (Wildman–Crippen MR) is 55.3 cm³/mol. The minimum absolute atomic E-state index is 0.140. The molecule has 0 aliphatic heterocycles. The van der Waals surface area contributed by atoms with Gasteiger partial charge in [-0.1, -0.05) is 31.9 Å². The van der Waals surface area contributed by atoms with Gasteiger partial charge in [0.05, 0.1) is 0 Å². The van der Waals surface area contributed by atoms with Gasteiger partial charge in [-0.3, -0.25) is 4.79 Å². The first-order valence-electron chi connectivity index (χ1n) is 5.37. The lowest BCUT2D eigenvalue weighted by Crippen LogP contribution is -2.01. The number of hydrogen-bond donors (Lipinski definition) is 0. The molecule has 0 aromatic rings. The van der Waals surface area contributed by atoms with Gasteiger partial charge in [0, 0.05) is 12.3 Å². The van der Waals surface area contributed by atoms with Gasteiger partial charge in [0.1, 0.15) is 5.78 Å². The fourth-order valence-corrected chi connectivity index (χ4v) is 1.64. The fraction of sp³-hybridized carbons (Fsp3) is 0.667. The predicted octanol–water partition coefficient (Wildman–Crippen LogP) is 3.31. The molecule has 1 unspecified atom stereocenters. The molecule has 1 radical (unpaired) electrons. The molecule has 0 spiro atoms. The van der Waals surface area contributed by atoms with Gasteiger partial charge in [0.25, 0.3) is 0 Å². The first kappa shape index (κ1) is 10.5. The van der Waals surface area contributed by atoms with Crippen molar-refractivity contribution in [3.63, 3.8) is 0 Å². The van der Waals surface area contributed by atoms with Crippen molar-refractivity contribution in [3.8, 4) is 0 Å². The van der Waals surface area contributed by atoms with Crippen molar-refractivity contribution in [2.75, 3.05) is 0 Å². The highest BCUT2D eigenvalue weighted by Gasteiger charge is 2.21. The average molecular weight is 179 g/mol. The topological polar surface area (TPSA) is 17.1 Å². The number of ketones is 1. The molecule has 0 heterocycles. The number of unbranched alkanes of at least 4 members (excludes halogenated alkanes) is 3. The summed E-state index contributed by atoms with van der Waals surface area (Å²) in [5.74, 6) is 0.536. The van der Waals surface area contributed by atoms with Crippen LogP contribution in [-0.2, 0) is 4.79 Å². The molecule has 0 N–H and O–H groups in total. The van der Waals surface area contributed by atoms with Gasteiger partial charge in [0.2, 0.25) is 0 Å². The molecule has 13 heavy (non-hydrogen) atoms. The molecule has 1 aliphatic rings. The van der Waals surface area contributed by atoms with E-state index < -0.39 is 0 Å². The Hall–Kier alpha value is -0.590. The van der Waals surface area contributed by atoms with Crippen LogP contribution >= 0.6 is 0 Å². The van der Waals surface area contributed by atoms with Crippen LogP contribution in [0.2, 0.25) is 0 Å². The van der Waals surface area contributed by atoms with E-state index in [1.54, 1.807) is 0 Å². The van der Waals surface area contributed by atoms with Gasteiger partial charge in [-0.2, -0.15) is 0 Å². The van der Waals surface area contributed by atoms with Gasteiger partial charge in [-0.15, -0.1) is 0 Å². The van der Waals surface area contributed by atoms with Crippen molar-refractivity contribution in [1.82, 2.24) is 0 Å². The van der Waals surface area contributed by atoms with E-state index >= 15 is 0 Å². The molecule has 0 aromatic carbocycles. The van der Waals surface area contributed by atoms with Crippen LogP contribution in [0.25, 0.3) is 0 Å². The minimum atomic E-state index is 0.140. The van der Waals surface area contributed by atoms with E-state index in [1.807, 2.05) is 0 Å². The molecule has 1 fully saturated rings. The van der Waals surface area contributed by atoms with E-state index in [0.29, 0.717) is 5.78 Å². The second-order valence-corrected chi connectivity index (χ2v) is 3.69. The van der Waals surface area contributed by atoms with Crippen LogP contribution in [0.3, 0.4) is 0 Å². The first-order chi connectivity index (χ1) is 6.34. The molecular weight excluding hydrogens is 160 g/mol. The van der Waals surface area contributed by atoms with Crippen molar-refractivity contribution < 1.29 is 4.79 Å². The summed E-state index contributed by atoms with van der Waals surface area (Å²) in [6, 6.07) is 0. The Morgan fingerprint density at radius 2 is 2.38 bits per heavy atom. The molecule has 0 saturated heterocycles. The standard InChI is InChI=1S/C12H19O/c1-2-3-4-5-6-8-11-9-7-10-12(11)13/h6,8-9,11H,2-5,7,10H2,1H3/b8-6+. The van der Waals surface area contributed by atoms with Crippen LogP contribution in [0.4, 0.5) is 0 Å². The van der Waals surface area contributed by atoms with Crippen molar-refractivity contribution in [2.45, 2.75) is 45.4 Å². The summed E-state index contributed by atoms with van der Waals surface area (Å²) in [7, 11) is 0. The van der Waals surface area contributed by atoms with Crippen LogP contribution in [0.1, 0.15) is 45.4 Å². The Morgan fingerprint density at radius 3 is 3.00 bits per heavy atom. The number of hydrogen-bond acceptors (Lipinski definition) is 1. The van der Waals surface area contributed by atoms with Crippen LogP contribution in [0.15, 0.2) is 12.2 Å². The van der Waals surface area contributed by atoms with Crippen molar-refractivity contribution in [1.29, 1.82) is 0 Å². The van der Waals surface area contributed by atoms with E-state index in [0.717, 1.165) is 19.3 Å². The maximum atomic E-state index is 11.2. The molecule has 1 heteroatoms. The molecule has 1 nitrogen and oxygen atoms in total. The summed E-state index contributed by atoms with van der Waals surface area (Å²) in [6.45, 7) is 2.21. The van der Waals surface area contributed by atoms with Gasteiger partial charge >= 0.3 is 0 Å². The number of rotatable bonds is 5. The number of carbonyl (C=O) groups excluding carboxylic acids is 1. The van der Waals surface area contributed by atoms with E-state index in [9.17, 15) is 4.79 Å². The summed E-state index contributed by atoms with van der Waals surface area (Å²) < 4.78 is 0. The quantitative estimate of drug-likeness (QED) is 0.467. The summed E-state index contributed by atoms with van der Waals surface area (Å²) in [5, 5.41) is 0. The third kappa shape index (κ3) is 3.75. The summed E-state index contributed by atoms with van der Waals surface area (Å²) in [6.07, 6.45) is 13.0. The maximum Gasteiger partial charge on any atom is 0.140 e. The monoisotopic (exact) mass is 179 g/mol. The number of Topliss-reactive ketones (excluding diaryl/α,β-unsaturated/α-hetero) is 1. The zero-order valence-corrected chi connectivity index (χ0v) is 8.46. The third-order valence-corrected chi connectivity index (χ3v) is 2.50. The second-order valence-electron chi connectivity index (χ2n) is 3.69. The Labute approximate surface area is 81.2 Å². The van der Waals surface area contributed by atoms with E-state index in [2.05, 4.69) is 25.5 Å². The van der Waals surface area contributed by atoms with Crippen molar-refractivity contribution >= 4 is 5.78 Å². The highest BCUT2D eigenvalue weighted by Crippen LogP contribution is 2.21. The molecule has 1 rings (SSSR count). The van der Waals surface area contributed by atoms with E-state index in [1.165, 1.54) is 19.3 Å². The Bertz CT molecular complexity index is 182. The molecule has 0 aromatic heterocycles. The molecule has 0 bridgehead atoms. The smallest absolute Gasteiger partial charge is 0.140 e. The molecule has 73 valence electrons. The highest BCUT2D eigenvalue weighted by atomic mass is 16.1. The Morgan fingerprint density at radius 1 is 1.54 bits per heavy atom. The van der Waals surface area contributed by atoms with E-state index in [4.69, 9.17) is 0 Å². The largest absolute Gasteiger partial charge is 0.299 e. The SMILES string of the molecule is CCCCC/C=C/C1[CH]CCC1=O. The molecular formula is C12H19O. The van der Waals surface area contributed by atoms with Crippen molar-refractivity contribution in [3.05, 3.63) is 18.6 Å². The van der Waals surface area contributed by atoms with Gasteiger partial charge in [0.15, 0.2) is 0 Å². The fourth-order valence-electron chi connectivity index (χ4n) is 1.64. The lowest BCUT2D eigenvalue weighted by atomic mass is 10.1.